The van der Waals surface area contributed by atoms with Crippen molar-refractivity contribution in [3.05, 3.63) is 0 Å². The lowest BCUT2D eigenvalue weighted by atomic mass is 9.67. The van der Waals surface area contributed by atoms with Crippen LogP contribution in [-0.2, 0) is 19.1 Å². The number of hydrogen-bond donors (Lipinski definition) is 2. The standard InChI is InChI=1S/C19H28N2O5/c1-11(17(23)21-19(25)20-15-7-2-3-8-15)26-18(24)14-9-12-5-4-6-13(10-14)16(12)22/h11-15H,2-10H2,1H3,(H2,20,21,23,25)/t11-,12-,13+,14?/m0/s1. The van der Waals surface area contributed by atoms with Crippen molar-refractivity contribution in [3.63, 3.8) is 0 Å². The van der Waals surface area contributed by atoms with Crippen LogP contribution in [0, 0.1) is 17.8 Å². The third-order valence-corrected chi connectivity index (χ3v) is 5.97. The lowest BCUT2D eigenvalue weighted by Gasteiger charge is -2.36. The van der Waals surface area contributed by atoms with Gasteiger partial charge < -0.3 is 10.1 Å². The molecule has 3 saturated carbocycles. The number of carbonyl (C=O) groups is 4. The molecule has 0 radical (unpaired) electrons. The minimum atomic E-state index is -1.03. The summed E-state index contributed by atoms with van der Waals surface area (Å²) in [5.74, 6) is -1.18. The minimum absolute atomic E-state index is 0.0404. The van der Waals surface area contributed by atoms with E-state index in [0.29, 0.717) is 12.8 Å². The summed E-state index contributed by atoms with van der Waals surface area (Å²) in [6, 6.07) is -0.428. The largest absolute Gasteiger partial charge is 0.452 e. The molecule has 2 bridgehead atoms. The smallest absolute Gasteiger partial charge is 0.321 e. The predicted molar refractivity (Wildman–Crippen MR) is 93.0 cm³/mol. The predicted octanol–water partition coefficient (Wildman–Crippen LogP) is 2.08. The molecule has 0 aromatic heterocycles. The molecule has 26 heavy (non-hydrogen) atoms. The quantitative estimate of drug-likeness (QED) is 0.744. The fourth-order valence-electron chi connectivity index (χ4n) is 4.50. The molecule has 3 amide bonds. The van der Waals surface area contributed by atoms with E-state index in [1.54, 1.807) is 0 Å². The van der Waals surface area contributed by atoms with Crippen molar-refractivity contribution in [1.29, 1.82) is 0 Å². The van der Waals surface area contributed by atoms with Gasteiger partial charge in [-0.25, -0.2) is 4.79 Å². The number of esters is 1. The highest BCUT2D eigenvalue weighted by atomic mass is 16.5. The van der Waals surface area contributed by atoms with Gasteiger partial charge in [-0.15, -0.1) is 0 Å². The third kappa shape index (κ3) is 4.43. The summed E-state index contributed by atoms with van der Waals surface area (Å²) in [6.45, 7) is 1.46. The number of carbonyl (C=O) groups excluding carboxylic acids is 4. The average Bonchev–Trinajstić information content (AvgIpc) is 3.07. The van der Waals surface area contributed by atoms with E-state index in [9.17, 15) is 19.2 Å². The van der Waals surface area contributed by atoms with E-state index in [2.05, 4.69) is 10.6 Å². The van der Waals surface area contributed by atoms with Gasteiger partial charge in [-0.3, -0.25) is 19.7 Å². The highest BCUT2D eigenvalue weighted by Gasteiger charge is 2.42. The number of hydrogen-bond acceptors (Lipinski definition) is 5. The SMILES string of the molecule is C[C@H](OC(=O)C1C[C@H]2CCC[C@@H](C1)C2=O)C(=O)NC(=O)NC1CCCC1. The van der Waals surface area contributed by atoms with Gasteiger partial charge in [0.15, 0.2) is 6.10 Å². The molecule has 4 atom stereocenters. The van der Waals surface area contributed by atoms with Crippen molar-refractivity contribution >= 4 is 23.7 Å². The van der Waals surface area contributed by atoms with Crippen LogP contribution < -0.4 is 10.6 Å². The molecular formula is C19H28N2O5. The zero-order valence-electron chi connectivity index (χ0n) is 15.3. The van der Waals surface area contributed by atoms with E-state index in [-0.39, 0.29) is 29.6 Å². The van der Waals surface area contributed by atoms with E-state index < -0.39 is 24.0 Å². The van der Waals surface area contributed by atoms with Gasteiger partial charge in [0, 0.05) is 17.9 Å². The monoisotopic (exact) mass is 364 g/mol. The number of amides is 3. The zero-order chi connectivity index (χ0) is 18.7. The van der Waals surface area contributed by atoms with Crippen molar-refractivity contribution in [2.24, 2.45) is 17.8 Å². The Kier molecular flexibility index (Phi) is 5.94. The lowest BCUT2D eigenvalue weighted by Crippen LogP contribution is -2.48. The van der Waals surface area contributed by atoms with Crippen molar-refractivity contribution in [2.45, 2.75) is 76.9 Å². The summed E-state index contributed by atoms with van der Waals surface area (Å²) in [5.41, 5.74) is 0. The normalized spacial score (nSPS) is 29.7. The molecule has 3 aliphatic rings. The van der Waals surface area contributed by atoms with E-state index in [4.69, 9.17) is 4.74 Å². The molecule has 0 heterocycles. The molecule has 0 spiro atoms. The Balaban J connectivity index is 1.45. The second-order valence-corrected chi connectivity index (χ2v) is 7.92. The first-order chi connectivity index (χ1) is 12.4. The van der Waals surface area contributed by atoms with Crippen molar-refractivity contribution in [2.75, 3.05) is 0 Å². The van der Waals surface area contributed by atoms with Gasteiger partial charge in [0.2, 0.25) is 0 Å². The van der Waals surface area contributed by atoms with Gasteiger partial charge in [0.25, 0.3) is 5.91 Å². The molecule has 1 unspecified atom stereocenters. The summed E-state index contributed by atoms with van der Waals surface area (Å²) in [7, 11) is 0. The maximum Gasteiger partial charge on any atom is 0.321 e. The van der Waals surface area contributed by atoms with Crippen LogP contribution in [0.3, 0.4) is 0 Å². The van der Waals surface area contributed by atoms with Gasteiger partial charge in [0.05, 0.1) is 5.92 Å². The number of urea groups is 1. The van der Waals surface area contributed by atoms with Gasteiger partial charge in [-0.1, -0.05) is 19.3 Å². The van der Waals surface area contributed by atoms with Crippen molar-refractivity contribution in [1.82, 2.24) is 10.6 Å². The lowest BCUT2D eigenvalue weighted by molar-refractivity contribution is -0.162. The highest BCUT2D eigenvalue weighted by Crippen LogP contribution is 2.40. The van der Waals surface area contributed by atoms with E-state index >= 15 is 0 Å². The second-order valence-electron chi connectivity index (χ2n) is 7.92. The number of ether oxygens (including phenoxy) is 1. The summed E-state index contributed by atoms with van der Waals surface area (Å²) in [6.07, 6.45) is 6.75. The molecule has 0 saturated heterocycles. The van der Waals surface area contributed by atoms with Crippen molar-refractivity contribution in [3.8, 4) is 0 Å². The average molecular weight is 364 g/mol. The van der Waals surface area contributed by atoms with Gasteiger partial charge >= 0.3 is 12.0 Å². The fourth-order valence-corrected chi connectivity index (χ4v) is 4.50. The highest BCUT2D eigenvalue weighted by molar-refractivity contribution is 5.97. The Bertz CT molecular complexity index is 568. The van der Waals surface area contributed by atoms with Crippen LogP contribution in [0.25, 0.3) is 0 Å². The van der Waals surface area contributed by atoms with Crippen LogP contribution in [0.5, 0.6) is 0 Å². The molecular weight excluding hydrogens is 336 g/mol. The fraction of sp³-hybridized carbons (Fsp3) is 0.789. The molecule has 0 aliphatic heterocycles. The zero-order valence-corrected chi connectivity index (χ0v) is 15.3. The Morgan fingerprint density at radius 2 is 1.62 bits per heavy atom. The van der Waals surface area contributed by atoms with Gasteiger partial charge in [-0.05, 0) is 45.4 Å². The molecule has 3 fully saturated rings. The molecule has 0 aromatic carbocycles. The maximum atomic E-state index is 12.4. The van der Waals surface area contributed by atoms with Crippen molar-refractivity contribution < 1.29 is 23.9 Å². The summed E-state index contributed by atoms with van der Waals surface area (Å²) in [5, 5.41) is 5.01. The number of nitrogens with one attached hydrogen (secondary N) is 2. The molecule has 2 N–H and O–H groups in total. The molecule has 7 nitrogen and oxygen atoms in total. The Hall–Kier alpha value is -1.92. The number of ketones is 1. The second kappa shape index (κ2) is 8.18. The van der Waals surface area contributed by atoms with E-state index in [1.165, 1.54) is 6.92 Å². The van der Waals surface area contributed by atoms with E-state index in [0.717, 1.165) is 44.9 Å². The first kappa shape index (κ1) is 18.9. The number of rotatable bonds is 4. The van der Waals surface area contributed by atoms with Crippen LogP contribution in [-0.4, -0.2) is 35.8 Å². The Morgan fingerprint density at radius 3 is 2.23 bits per heavy atom. The molecule has 3 aliphatic carbocycles. The first-order valence-corrected chi connectivity index (χ1v) is 9.79. The molecule has 144 valence electrons. The Labute approximate surface area is 153 Å². The van der Waals surface area contributed by atoms with E-state index in [1.807, 2.05) is 0 Å². The number of fused-ring (bicyclic) bond motifs is 2. The third-order valence-electron chi connectivity index (χ3n) is 5.97. The summed E-state index contributed by atoms with van der Waals surface area (Å²) in [4.78, 5) is 48.4. The topological polar surface area (TPSA) is 102 Å². The molecule has 7 heteroatoms. The summed E-state index contributed by atoms with van der Waals surface area (Å²) < 4.78 is 5.28. The van der Waals surface area contributed by atoms with Gasteiger partial charge in [-0.2, -0.15) is 0 Å². The Morgan fingerprint density at radius 1 is 1.00 bits per heavy atom. The maximum absolute atomic E-state index is 12.4. The number of imide groups is 1. The van der Waals surface area contributed by atoms with Crippen LogP contribution >= 0.6 is 0 Å². The van der Waals surface area contributed by atoms with Crippen LogP contribution in [0.1, 0.15) is 64.7 Å². The molecule has 0 aromatic rings. The van der Waals surface area contributed by atoms with Crippen LogP contribution in [0.2, 0.25) is 0 Å². The van der Waals surface area contributed by atoms with Crippen LogP contribution in [0.15, 0.2) is 0 Å². The van der Waals surface area contributed by atoms with Crippen LogP contribution in [0.4, 0.5) is 4.79 Å². The minimum Gasteiger partial charge on any atom is -0.452 e. The first-order valence-electron chi connectivity index (χ1n) is 9.79. The molecule has 3 rings (SSSR count). The number of Topliss-reactive ketones (excluding diaryl/α,β-unsaturated/α-hetero) is 1. The summed E-state index contributed by atoms with van der Waals surface area (Å²) >= 11 is 0. The van der Waals surface area contributed by atoms with Gasteiger partial charge in [0.1, 0.15) is 5.78 Å².